The zero-order valence-electron chi connectivity index (χ0n) is 14.8. The van der Waals surface area contributed by atoms with Crippen LogP contribution in [0.4, 0.5) is 0 Å². The highest BCUT2D eigenvalue weighted by molar-refractivity contribution is 5.88. The van der Waals surface area contributed by atoms with Crippen molar-refractivity contribution >= 4 is 5.91 Å². The highest BCUT2D eigenvalue weighted by atomic mass is 16.5. The molecule has 0 radical (unpaired) electrons. The van der Waals surface area contributed by atoms with Gasteiger partial charge in [0, 0.05) is 6.92 Å². The summed E-state index contributed by atoms with van der Waals surface area (Å²) in [5, 5.41) is 10.7. The summed E-state index contributed by atoms with van der Waals surface area (Å²) in [6.45, 7) is 1.95. The van der Waals surface area contributed by atoms with Crippen molar-refractivity contribution in [2.75, 3.05) is 14.2 Å². The van der Waals surface area contributed by atoms with Gasteiger partial charge in [-0.2, -0.15) is 0 Å². The van der Waals surface area contributed by atoms with Gasteiger partial charge in [-0.05, 0) is 30.5 Å². The Morgan fingerprint density at radius 2 is 1.92 bits per heavy atom. The normalized spacial score (nSPS) is 15.8. The molecular formula is C18H23N3O4. The van der Waals surface area contributed by atoms with Crippen molar-refractivity contribution in [1.82, 2.24) is 15.5 Å². The summed E-state index contributed by atoms with van der Waals surface area (Å²) < 4.78 is 16.0. The highest BCUT2D eigenvalue weighted by Crippen LogP contribution is 2.43. The quantitative estimate of drug-likeness (QED) is 0.866. The first-order valence-electron chi connectivity index (χ1n) is 8.39. The lowest BCUT2D eigenvalue weighted by atomic mass is 9.77. The van der Waals surface area contributed by atoms with E-state index in [0.29, 0.717) is 23.3 Å². The summed E-state index contributed by atoms with van der Waals surface area (Å²) in [6.07, 6.45) is 3.64. The van der Waals surface area contributed by atoms with Crippen LogP contribution in [0.25, 0.3) is 0 Å². The number of hydrogen-bond acceptors (Lipinski definition) is 6. The Morgan fingerprint density at radius 3 is 2.52 bits per heavy atom. The number of aromatic nitrogens is 2. The lowest BCUT2D eigenvalue weighted by Crippen LogP contribution is -2.42. The monoisotopic (exact) mass is 345 g/mol. The molecule has 0 unspecified atom stereocenters. The van der Waals surface area contributed by atoms with Crippen LogP contribution < -0.4 is 14.8 Å². The molecule has 0 atom stereocenters. The van der Waals surface area contributed by atoms with Crippen LogP contribution in [-0.2, 0) is 16.8 Å². The average Bonchev–Trinajstić information content (AvgIpc) is 3.29. The van der Waals surface area contributed by atoms with Gasteiger partial charge >= 0.3 is 0 Å². The van der Waals surface area contributed by atoms with E-state index in [9.17, 15) is 4.79 Å². The van der Waals surface area contributed by atoms with Gasteiger partial charge in [0.05, 0.1) is 26.2 Å². The molecule has 7 nitrogen and oxygen atoms in total. The molecule has 134 valence electrons. The average molecular weight is 345 g/mol. The van der Waals surface area contributed by atoms with Gasteiger partial charge in [0.1, 0.15) is 0 Å². The number of hydrogen-bond donors (Lipinski definition) is 1. The molecule has 0 spiro atoms. The van der Waals surface area contributed by atoms with Crippen LogP contribution in [0.5, 0.6) is 11.5 Å². The molecule has 1 N–H and O–H groups in total. The molecule has 1 aromatic heterocycles. The molecule has 0 aliphatic heterocycles. The molecule has 1 amide bonds. The molecule has 1 saturated carbocycles. The maximum absolute atomic E-state index is 13.0. The van der Waals surface area contributed by atoms with Gasteiger partial charge in [0.2, 0.25) is 17.7 Å². The molecule has 1 aliphatic carbocycles. The number of ether oxygens (including phenoxy) is 2. The Morgan fingerprint density at radius 1 is 1.20 bits per heavy atom. The standard InChI is InChI=1S/C18H23N3O4/c1-12-20-21-16(25-12)11-19-17(22)18(8-4-5-9-18)13-6-7-14(23-2)15(10-13)24-3/h6-7,10H,4-5,8-9,11H2,1-3H3,(H,19,22). The van der Waals surface area contributed by atoms with Gasteiger partial charge in [-0.3, -0.25) is 4.79 Å². The SMILES string of the molecule is COc1ccc(C2(C(=O)NCc3nnc(C)o3)CCCC2)cc1OC. The van der Waals surface area contributed by atoms with Crippen LogP contribution >= 0.6 is 0 Å². The van der Waals surface area contributed by atoms with E-state index in [-0.39, 0.29) is 12.5 Å². The minimum Gasteiger partial charge on any atom is -0.493 e. The predicted octanol–water partition coefficient (Wildman–Crippen LogP) is 2.52. The van der Waals surface area contributed by atoms with Crippen molar-refractivity contribution < 1.29 is 18.7 Å². The van der Waals surface area contributed by atoms with Crippen molar-refractivity contribution in [1.29, 1.82) is 0 Å². The maximum Gasteiger partial charge on any atom is 0.235 e. The molecule has 1 fully saturated rings. The predicted molar refractivity (Wildman–Crippen MR) is 90.6 cm³/mol. The second-order valence-electron chi connectivity index (χ2n) is 6.26. The van der Waals surface area contributed by atoms with Crippen molar-refractivity contribution in [2.45, 2.75) is 44.6 Å². The third-order valence-corrected chi connectivity index (χ3v) is 4.80. The first kappa shape index (κ1) is 17.3. The second-order valence-corrected chi connectivity index (χ2v) is 6.26. The number of amides is 1. The molecule has 1 heterocycles. The Bertz CT molecular complexity index is 751. The molecule has 1 aromatic carbocycles. The third-order valence-electron chi connectivity index (χ3n) is 4.80. The van der Waals surface area contributed by atoms with E-state index in [1.165, 1.54) is 0 Å². The number of benzene rings is 1. The summed E-state index contributed by atoms with van der Waals surface area (Å²) in [5.41, 5.74) is 0.385. The van der Waals surface area contributed by atoms with E-state index < -0.39 is 5.41 Å². The molecular weight excluding hydrogens is 322 g/mol. The highest BCUT2D eigenvalue weighted by Gasteiger charge is 2.43. The van der Waals surface area contributed by atoms with Gasteiger partial charge in [0.15, 0.2) is 11.5 Å². The van der Waals surface area contributed by atoms with Gasteiger partial charge in [-0.15, -0.1) is 10.2 Å². The first-order valence-corrected chi connectivity index (χ1v) is 8.39. The topological polar surface area (TPSA) is 86.5 Å². The number of nitrogens with one attached hydrogen (secondary N) is 1. The van der Waals surface area contributed by atoms with Gasteiger partial charge in [-0.1, -0.05) is 18.9 Å². The van der Waals surface area contributed by atoms with E-state index in [4.69, 9.17) is 13.9 Å². The van der Waals surface area contributed by atoms with E-state index in [2.05, 4.69) is 15.5 Å². The smallest absolute Gasteiger partial charge is 0.235 e. The van der Waals surface area contributed by atoms with Crippen LogP contribution in [-0.4, -0.2) is 30.3 Å². The Balaban J connectivity index is 1.84. The van der Waals surface area contributed by atoms with Crippen LogP contribution in [0, 0.1) is 6.92 Å². The molecule has 25 heavy (non-hydrogen) atoms. The number of nitrogens with zero attached hydrogens (tertiary/aromatic N) is 2. The summed E-state index contributed by atoms with van der Waals surface area (Å²) in [5.74, 6) is 2.16. The maximum atomic E-state index is 13.0. The van der Waals surface area contributed by atoms with Gasteiger partial charge in [0.25, 0.3) is 0 Å². The Labute approximate surface area is 146 Å². The van der Waals surface area contributed by atoms with Crippen LogP contribution in [0.2, 0.25) is 0 Å². The van der Waals surface area contributed by atoms with E-state index in [1.54, 1.807) is 21.1 Å². The lowest BCUT2D eigenvalue weighted by Gasteiger charge is -2.28. The summed E-state index contributed by atoms with van der Waals surface area (Å²) >= 11 is 0. The minimum atomic E-state index is -0.561. The fraction of sp³-hybridized carbons (Fsp3) is 0.500. The zero-order valence-corrected chi connectivity index (χ0v) is 14.8. The Kier molecular flexibility index (Phi) is 4.92. The minimum absolute atomic E-state index is 0.0203. The Hall–Kier alpha value is -2.57. The third kappa shape index (κ3) is 3.31. The van der Waals surface area contributed by atoms with Crippen molar-refractivity contribution in [3.05, 3.63) is 35.5 Å². The van der Waals surface area contributed by atoms with Crippen LogP contribution in [0.1, 0.15) is 43.0 Å². The fourth-order valence-electron chi connectivity index (χ4n) is 3.49. The van der Waals surface area contributed by atoms with Crippen LogP contribution in [0.15, 0.2) is 22.6 Å². The first-order chi connectivity index (χ1) is 12.1. The van der Waals surface area contributed by atoms with E-state index >= 15 is 0 Å². The largest absolute Gasteiger partial charge is 0.493 e. The van der Waals surface area contributed by atoms with E-state index in [1.807, 2.05) is 18.2 Å². The number of aryl methyl sites for hydroxylation is 1. The number of carbonyl (C=O) groups is 1. The molecule has 2 aromatic rings. The van der Waals surface area contributed by atoms with Crippen molar-refractivity contribution in [2.24, 2.45) is 0 Å². The van der Waals surface area contributed by atoms with Crippen molar-refractivity contribution in [3.63, 3.8) is 0 Å². The number of carbonyl (C=O) groups excluding carboxylic acids is 1. The molecule has 7 heteroatoms. The number of rotatable bonds is 6. The number of methoxy groups -OCH3 is 2. The lowest BCUT2D eigenvalue weighted by molar-refractivity contribution is -0.127. The molecule has 3 rings (SSSR count). The van der Waals surface area contributed by atoms with Crippen molar-refractivity contribution in [3.8, 4) is 11.5 Å². The summed E-state index contributed by atoms with van der Waals surface area (Å²) in [7, 11) is 3.20. The summed E-state index contributed by atoms with van der Waals surface area (Å²) in [4.78, 5) is 13.0. The fourth-order valence-corrected chi connectivity index (χ4v) is 3.49. The summed E-state index contributed by atoms with van der Waals surface area (Å²) in [6, 6.07) is 5.70. The second kappa shape index (κ2) is 7.13. The molecule has 1 aliphatic rings. The van der Waals surface area contributed by atoms with Crippen LogP contribution in [0.3, 0.4) is 0 Å². The zero-order chi connectivity index (χ0) is 17.9. The molecule has 0 saturated heterocycles. The van der Waals surface area contributed by atoms with Gasteiger partial charge < -0.3 is 19.2 Å². The van der Waals surface area contributed by atoms with E-state index in [0.717, 1.165) is 31.2 Å². The molecule has 0 bridgehead atoms. The van der Waals surface area contributed by atoms with Gasteiger partial charge in [-0.25, -0.2) is 0 Å².